The predicted molar refractivity (Wildman–Crippen MR) is 70.6 cm³/mol. The van der Waals surface area contributed by atoms with Gasteiger partial charge in [-0.3, -0.25) is 0 Å². The number of halogens is 1. The van der Waals surface area contributed by atoms with Crippen LogP contribution in [0.2, 0.25) is 0 Å². The molecule has 0 fully saturated rings. The third-order valence-corrected chi connectivity index (χ3v) is 3.41. The van der Waals surface area contributed by atoms with Gasteiger partial charge in [0.2, 0.25) is 0 Å². The summed E-state index contributed by atoms with van der Waals surface area (Å²) in [6, 6.07) is 10.1. The average molecular weight is 234 g/mol. The first-order chi connectivity index (χ1) is 7.77. The third kappa shape index (κ3) is 2.67. The van der Waals surface area contributed by atoms with Crippen molar-refractivity contribution < 1.29 is 0 Å². The van der Waals surface area contributed by atoms with Gasteiger partial charge in [0.05, 0.1) is 0 Å². The number of hydrogen-bond donors (Lipinski definition) is 1. The smallest absolute Gasteiger partial charge is 0.0441 e. The zero-order valence-electron chi connectivity index (χ0n) is 9.46. The fraction of sp³-hybridized carbons (Fsp3) is 0.286. The minimum absolute atomic E-state index is 0.940. The SMILES string of the molecule is CC1=C(Cl)/C(=C/Nc2ccccc2)CCC1. The van der Waals surface area contributed by atoms with Crippen LogP contribution in [0, 0.1) is 0 Å². The van der Waals surface area contributed by atoms with Crippen molar-refractivity contribution in [1.82, 2.24) is 0 Å². The van der Waals surface area contributed by atoms with E-state index in [4.69, 9.17) is 11.6 Å². The Morgan fingerprint density at radius 2 is 1.94 bits per heavy atom. The van der Waals surface area contributed by atoms with Crippen molar-refractivity contribution in [3.05, 3.63) is 52.7 Å². The summed E-state index contributed by atoms with van der Waals surface area (Å²) in [5.74, 6) is 0. The summed E-state index contributed by atoms with van der Waals surface area (Å²) >= 11 is 6.27. The predicted octanol–water partition coefficient (Wildman–Crippen LogP) is 4.68. The molecule has 0 aromatic heterocycles. The van der Waals surface area contributed by atoms with Crippen molar-refractivity contribution in [2.45, 2.75) is 26.2 Å². The van der Waals surface area contributed by atoms with Crippen LogP contribution >= 0.6 is 11.6 Å². The van der Waals surface area contributed by atoms with Gasteiger partial charge in [0.25, 0.3) is 0 Å². The van der Waals surface area contributed by atoms with Gasteiger partial charge in [-0.15, -0.1) is 0 Å². The molecule has 16 heavy (non-hydrogen) atoms. The molecule has 1 N–H and O–H groups in total. The minimum Gasteiger partial charge on any atom is -0.361 e. The van der Waals surface area contributed by atoms with E-state index in [2.05, 4.69) is 12.2 Å². The van der Waals surface area contributed by atoms with E-state index in [0.29, 0.717) is 0 Å². The number of rotatable bonds is 2. The maximum absolute atomic E-state index is 6.27. The quantitative estimate of drug-likeness (QED) is 0.782. The number of allylic oxidation sites excluding steroid dienone is 3. The van der Waals surface area contributed by atoms with E-state index in [1.165, 1.54) is 17.6 Å². The molecule has 1 aromatic rings. The van der Waals surface area contributed by atoms with Gasteiger partial charge < -0.3 is 5.32 Å². The largest absolute Gasteiger partial charge is 0.361 e. The maximum Gasteiger partial charge on any atom is 0.0441 e. The van der Waals surface area contributed by atoms with Crippen LogP contribution in [-0.2, 0) is 0 Å². The van der Waals surface area contributed by atoms with E-state index in [1.54, 1.807) is 0 Å². The van der Waals surface area contributed by atoms with Gasteiger partial charge in [-0.1, -0.05) is 35.4 Å². The first kappa shape index (κ1) is 11.3. The minimum atomic E-state index is 0.940. The summed E-state index contributed by atoms with van der Waals surface area (Å²) in [5, 5.41) is 4.22. The second kappa shape index (κ2) is 5.22. The number of hydrogen-bond acceptors (Lipinski definition) is 1. The molecule has 0 unspecified atom stereocenters. The van der Waals surface area contributed by atoms with Crippen LogP contribution in [0.1, 0.15) is 26.2 Å². The molecule has 0 amide bonds. The standard InChI is InChI=1S/C14H16ClN/c1-11-6-5-7-12(14(11)15)10-16-13-8-3-2-4-9-13/h2-4,8-10,16H,5-7H2,1H3/b12-10+. The number of nitrogens with one attached hydrogen (secondary N) is 1. The highest BCUT2D eigenvalue weighted by molar-refractivity contribution is 6.32. The van der Waals surface area contributed by atoms with E-state index in [0.717, 1.165) is 23.6 Å². The summed E-state index contributed by atoms with van der Waals surface area (Å²) in [4.78, 5) is 0. The summed E-state index contributed by atoms with van der Waals surface area (Å²) in [6.45, 7) is 2.11. The number of anilines is 1. The second-order valence-corrected chi connectivity index (χ2v) is 4.51. The summed E-state index contributed by atoms with van der Waals surface area (Å²) < 4.78 is 0. The Bertz CT molecular complexity index is 418. The van der Waals surface area contributed by atoms with Crippen LogP contribution in [0.4, 0.5) is 5.69 Å². The van der Waals surface area contributed by atoms with Crippen LogP contribution < -0.4 is 5.32 Å². The topological polar surface area (TPSA) is 12.0 Å². The summed E-state index contributed by atoms with van der Waals surface area (Å²) in [7, 11) is 0. The van der Waals surface area contributed by atoms with Crippen LogP contribution in [0.15, 0.2) is 52.7 Å². The van der Waals surface area contributed by atoms with Gasteiger partial charge >= 0.3 is 0 Å². The molecule has 0 atom stereocenters. The fourth-order valence-corrected chi connectivity index (χ4v) is 2.12. The van der Waals surface area contributed by atoms with E-state index < -0.39 is 0 Å². The van der Waals surface area contributed by atoms with Crippen LogP contribution in [0.5, 0.6) is 0 Å². The average Bonchev–Trinajstić information content (AvgIpc) is 2.32. The molecule has 84 valence electrons. The Morgan fingerprint density at radius 3 is 2.69 bits per heavy atom. The van der Waals surface area contributed by atoms with Gasteiger partial charge in [-0.05, 0) is 43.9 Å². The summed E-state index contributed by atoms with van der Waals surface area (Å²) in [5.41, 5.74) is 3.62. The lowest BCUT2D eigenvalue weighted by molar-refractivity contribution is 0.777. The molecule has 1 aromatic carbocycles. The molecule has 2 rings (SSSR count). The zero-order chi connectivity index (χ0) is 11.4. The van der Waals surface area contributed by atoms with Gasteiger partial charge in [0, 0.05) is 16.9 Å². The van der Waals surface area contributed by atoms with Crippen LogP contribution in [0.25, 0.3) is 0 Å². The molecule has 0 saturated carbocycles. The van der Waals surface area contributed by atoms with Crippen molar-refractivity contribution >= 4 is 17.3 Å². The Balaban J connectivity index is 2.11. The van der Waals surface area contributed by atoms with Crippen molar-refractivity contribution in [3.8, 4) is 0 Å². The lowest BCUT2D eigenvalue weighted by Gasteiger charge is -2.16. The van der Waals surface area contributed by atoms with E-state index in [9.17, 15) is 0 Å². The highest BCUT2D eigenvalue weighted by Crippen LogP contribution is 2.31. The summed E-state index contributed by atoms with van der Waals surface area (Å²) in [6.07, 6.45) is 5.42. The highest BCUT2D eigenvalue weighted by Gasteiger charge is 2.12. The van der Waals surface area contributed by atoms with Gasteiger partial charge in [-0.25, -0.2) is 0 Å². The Labute approximate surface area is 102 Å². The number of para-hydroxylation sites is 1. The number of benzene rings is 1. The molecule has 2 heteroatoms. The van der Waals surface area contributed by atoms with Gasteiger partial charge in [-0.2, -0.15) is 0 Å². The van der Waals surface area contributed by atoms with Crippen molar-refractivity contribution in [2.75, 3.05) is 5.32 Å². The van der Waals surface area contributed by atoms with E-state index in [1.807, 2.05) is 36.5 Å². The zero-order valence-corrected chi connectivity index (χ0v) is 10.2. The monoisotopic (exact) mass is 233 g/mol. The molecule has 1 nitrogen and oxygen atoms in total. The van der Waals surface area contributed by atoms with Crippen LogP contribution in [0.3, 0.4) is 0 Å². The third-order valence-electron chi connectivity index (χ3n) is 2.84. The molecule has 0 saturated heterocycles. The van der Waals surface area contributed by atoms with Gasteiger partial charge in [0.15, 0.2) is 0 Å². The highest BCUT2D eigenvalue weighted by atomic mass is 35.5. The lowest BCUT2D eigenvalue weighted by atomic mass is 9.96. The molecule has 0 aliphatic heterocycles. The molecule has 1 aliphatic carbocycles. The normalized spacial score (nSPS) is 19.0. The van der Waals surface area contributed by atoms with Gasteiger partial charge in [0.1, 0.15) is 0 Å². The molecule has 0 bridgehead atoms. The Hall–Kier alpha value is -1.21. The lowest BCUT2D eigenvalue weighted by Crippen LogP contribution is -1.99. The van der Waals surface area contributed by atoms with Crippen molar-refractivity contribution in [3.63, 3.8) is 0 Å². The molecule has 1 aliphatic rings. The molecule has 0 spiro atoms. The molecular formula is C14H16ClN. The van der Waals surface area contributed by atoms with E-state index in [-0.39, 0.29) is 0 Å². The molecular weight excluding hydrogens is 218 g/mol. The van der Waals surface area contributed by atoms with Crippen molar-refractivity contribution in [2.24, 2.45) is 0 Å². The Kier molecular flexibility index (Phi) is 3.68. The fourth-order valence-electron chi connectivity index (χ4n) is 1.88. The Morgan fingerprint density at radius 1 is 1.19 bits per heavy atom. The van der Waals surface area contributed by atoms with Crippen LogP contribution in [-0.4, -0.2) is 0 Å². The first-order valence-corrected chi connectivity index (χ1v) is 6.01. The molecule has 0 radical (unpaired) electrons. The molecule has 0 heterocycles. The van der Waals surface area contributed by atoms with Crippen molar-refractivity contribution in [1.29, 1.82) is 0 Å². The second-order valence-electron chi connectivity index (χ2n) is 4.13. The first-order valence-electron chi connectivity index (χ1n) is 5.63. The van der Waals surface area contributed by atoms with E-state index >= 15 is 0 Å². The maximum atomic E-state index is 6.27.